The van der Waals surface area contributed by atoms with E-state index < -0.39 is 0 Å². The summed E-state index contributed by atoms with van der Waals surface area (Å²) in [5.41, 5.74) is 2.30. The fraction of sp³-hybridized carbons (Fsp3) is 0.429. The predicted octanol–water partition coefficient (Wildman–Crippen LogP) is 5.61. The molecular weight excluding hydrogens is 477 g/mol. The Morgan fingerprint density at radius 3 is 2.06 bits per heavy atom. The zero-order valence-electron chi connectivity index (χ0n) is 10.4. The van der Waals surface area contributed by atoms with Gasteiger partial charge in [0.05, 0.1) is 0 Å². The van der Waals surface area contributed by atoms with Gasteiger partial charge < -0.3 is 13.8 Å². The Kier molecular flexibility index (Phi) is 8.52. The van der Waals surface area contributed by atoms with Gasteiger partial charge in [-0.2, -0.15) is 12.8 Å². The van der Waals surface area contributed by atoms with Crippen LogP contribution in [0.4, 0.5) is 0 Å². The van der Waals surface area contributed by atoms with Crippen molar-refractivity contribution in [3.05, 3.63) is 47.2 Å². The van der Waals surface area contributed by atoms with Crippen molar-refractivity contribution < 1.29 is 31.1 Å². The fourth-order valence-electron chi connectivity index (χ4n) is 2.16. The average molecular weight is 495 g/mol. The van der Waals surface area contributed by atoms with Gasteiger partial charge in [-0.25, -0.2) is 0 Å². The molecule has 0 aromatic heterocycles. The summed E-state index contributed by atoms with van der Waals surface area (Å²) in [5, 5.41) is 1.60. The minimum atomic E-state index is 0. The second kappa shape index (κ2) is 8.11. The smallest absolute Gasteiger partial charge is 0.358 e. The summed E-state index contributed by atoms with van der Waals surface area (Å²) < 4.78 is 0. The van der Waals surface area contributed by atoms with E-state index in [9.17, 15) is 0 Å². The topological polar surface area (TPSA) is 0 Å². The number of hydrogen-bond donors (Lipinski definition) is 0. The van der Waals surface area contributed by atoms with Gasteiger partial charge in [-0.15, -0.1) is 0 Å². The molecule has 0 spiro atoms. The summed E-state index contributed by atoms with van der Waals surface area (Å²) in [6, 6.07) is 4.16. The quantitative estimate of drug-likeness (QED) is 0.445. The van der Waals surface area contributed by atoms with E-state index >= 15 is 0 Å². The van der Waals surface area contributed by atoms with E-state index in [0.29, 0.717) is 5.92 Å². The zero-order valence-corrected chi connectivity index (χ0v) is 16.1. The molecular formula is C14H18Cl2U. The molecule has 0 radical (unpaired) electrons. The molecule has 3 heteroatoms. The normalized spacial score (nSPS) is 15.9. The van der Waals surface area contributed by atoms with Crippen LogP contribution < -0.4 is 0 Å². The third-order valence-electron chi connectivity index (χ3n) is 3.21. The molecule has 0 aliphatic heterocycles. The Hall–Kier alpha value is 0.852. The molecule has 1 aromatic rings. The first-order chi connectivity index (χ1) is 7.18. The van der Waals surface area contributed by atoms with E-state index in [-0.39, 0.29) is 38.5 Å². The summed E-state index contributed by atoms with van der Waals surface area (Å²) in [5.74, 6) is 0.644. The second-order valence-corrected chi connectivity index (χ2v) is 5.06. The molecule has 0 bridgehead atoms. The van der Waals surface area contributed by atoms with Crippen LogP contribution in [-0.4, -0.2) is 0 Å². The number of halogens is 2. The van der Waals surface area contributed by atoms with Crippen LogP contribution >= 0.6 is 23.2 Å². The standard InChI is InChI=1S/C13H15Cl2.CH3.U/c1-9-12(14)7-11(8-13(9)15)10-5-3-2-4-6-10;;/h2,7-8,10H,3-6H2,1H3;1H3;/q2*-1;+2. The van der Waals surface area contributed by atoms with Gasteiger partial charge in [-0.3, -0.25) is 0 Å². The van der Waals surface area contributed by atoms with Crippen LogP contribution in [0.2, 0.25) is 10.0 Å². The van der Waals surface area contributed by atoms with Crippen molar-refractivity contribution in [1.29, 1.82) is 0 Å². The minimum Gasteiger partial charge on any atom is -0.358 e. The summed E-state index contributed by atoms with van der Waals surface area (Å²) >= 11 is 12.3. The summed E-state index contributed by atoms with van der Waals surface area (Å²) in [6.45, 7) is 1.96. The monoisotopic (exact) mass is 494 g/mol. The molecule has 0 saturated heterocycles. The third-order valence-corrected chi connectivity index (χ3v) is 4.00. The molecule has 0 heterocycles. The molecule has 1 aliphatic carbocycles. The average Bonchev–Trinajstić information content (AvgIpc) is 2.26. The number of rotatable bonds is 1. The van der Waals surface area contributed by atoms with Crippen molar-refractivity contribution in [1.82, 2.24) is 0 Å². The van der Waals surface area contributed by atoms with Gasteiger partial charge in [0.2, 0.25) is 0 Å². The van der Waals surface area contributed by atoms with Gasteiger partial charge in [-0.1, -0.05) is 36.0 Å². The van der Waals surface area contributed by atoms with Crippen molar-refractivity contribution in [2.24, 2.45) is 0 Å². The van der Waals surface area contributed by atoms with E-state index in [1.165, 1.54) is 31.2 Å². The van der Waals surface area contributed by atoms with Crippen molar-refractivity contribution in [2.75, 3.05) is 0 Å². The molecule has 17 heavy (non-hydrogen) atoms. The van der Waals surface area contributed by atoms with Gasteiger partial charge in [0.1, 0.15) is 0 Å². The Morgan fingerprint density at radius 1 is 1.12 bits per heavy atom. The first kappa shape index (κ1) is 17.9. The van der Waals surface area contributed by atoms with E-state index in [0.717, 1.165) is 15.6 Å². The van der Waals surface area contributed by atoms with Gasteiger partial charge in [0.25, 0.3) is 0 Å². The SMILES string of the molecule is Cc1c(Cl)cc(C2CC[CH-]CC2)cc1Cl.[CH3-].[U+2]. The molecule has 1 aromatic carbocycles. The molecule has 0 amide bonds. The maximum absolute atomic E-state index is 6.15. The molecule has 0 nitrogen and oxygen atoms in total. The third kappa shape index (κ3) is 4.47. The maximum atomic E-state index is 6.15. The zero-order chi connectivity index (χ0) is 10.8. The largest absolute Gasteiger partial charge is 2.00 e. The van der Waals surface area contributed by atoms with E-state index in [4.69, 9.17) is 23.2 Å². The van der Waals surface area contributed by atoms with Crippen molar-refractivity contribution >= 4 is 23.2 Å². The van der Waals surface area contributed by atoms with Crippen molar-refractivity contribution in [3.8, 4) is 0 Å². The molecule has 92 valence electrons. The van der Waals surface area contributed by atoms with E-state index in [1.807, 2.05) is 6.92 Å². The maximum Gasteiger partial charge on any atom is 2.00 e. The second-order valence-electron chi connectivity index (χ2n) is 4.25. The van der Waals surface area contributed by atoms with Crippen molar-refractivity contribution in [2.45, 2.75) is 38.5 Å². The Balaban J connectivity index is 0.00000128. The van der Waals surface area contributed by atoms with Gasteiger partial charge in [-0.05, 0) is 36.1 Å². The van der Waals surface area contributed by atoms with Gasteiger partial charge in [0.15, 0.2) is 0 Å². The first-order valence-corrected chi connectivity index (χ1v) is 6.21. The minimum absolute atomic E-state index is 0. The number of hydrogen-bond acceptors (Lipinski definition) is 0. The molecule has 0 unspecified atom stereocenters. The van der Waals surface area contributed by atoms with E-state index in [1.54, 1.807) is 0 Å². The van der Waals surface area contributed by atoms with Crippen LogP contribution in [-0.2, 0) is 0 Å². The van der Waals surface area contributed by atoms with Gasteiger partial charge in [0, 0.05) is 10.0 Å². The Morgan fingerprint density at radius 2 is 1.59 bits per heavy atom. The molecule has 1 saturated carbocycles. The Labute approximate surface area is 139 Å². The van der Waals surface area contributed by atoms with E-state index in [2.05, 4.69) is 18.6 Å². The molecule has 0 atom stereocenters. The Bertz CT molecular complexity index is 334. The summed E-state index contributed by atoms with van der Waals surface area (Å²) in [4.78, 5) is 0. The van der Waals surface area contributed by atoms with Crippen LogP contribution in [0.5, 0.6) is 0 Å². The van der Waals surface area contributed by atoms with Crippen LogP contribution in [0.15, 0.2) is 12.1 Å². The fourth-order valence-corrected chi connectivity index (χ4v) is 2.66. The van der Waals surface area contributed by atoms with Crippen LogP contribution in [0.3, 0.4) is 0 Å². The predicted molar refractivity (Wildman–Crippen MR) is 73.1 cm³/mol. The summed E-state index contributed by atoms with van der Waals surface area (Å²) in [6.07, 6.45) is 7.26. The summed E-state index contributed by atoms with van der Waals surface area (Å²) in [7, 11) is 0. The first-order valence-electron chi connectivity index (χ1n) is 5.45. The number of benzene rings is 1. The van der Waals surface area contributed by atoms with Crippen LogP contribution in [0.25, 0.3) is 0 Å². The van der Waals surface area contributed by atoms with Crippen molar-refractivity contribution in [3.63, 3.8) is 0 Å². The van der Waals surface area contributed by atoms with Gasteiger partial charge >= 0.3 is 31.1 Å². The molecule has 1 fully saturated rings. The van der Waals surface area contributed by atoms with Crippen LogP contribution in [0.1, 0.15) is 42.7 Å². The molecule has 2 rings (SSSR count). The molecule has 1 aliphatic rings. The van der Waals surface area contributed by atoms with Crippen LogP contribution in [0, 0.1) is 51.9 Å². The molecule has 0 N–H and O–H groups in total.